The molecule has 6 nitrogen and oxygen atoms in total. The highest BCUT2D eigenvalue weighted by Crippen LogP contribution is 2.52. The number of nitrogens with one attached hydrogen (secondary N) is 2. The van der Waals surface area contributed by atoms with E-state index in [1.165, 1.54) is 24.3 Å². The van der Waals surface area contributed by atoms with Gasteiger partial charge in [0.15, 0.2) is 0 Å². The van der Waals surface area contributed by atoms with Crippen LogP contribution in [0.3, 0.4) is 0 Å². The number of likely N-dealkylation sites (tertiary alicyclic amines) is 1. The predicted molar refractivity (Wildman–Crippen MR) is 113 cm³/mol. The molecule has 2 aromatic heterocycles. The monoisotopic (exact) mass is 462 g/mol. The number of amides is 2. The van der Waals surface area contributed by atoms with Crippen LogP contribution in [0.1, 0.15) is 24.8 Å². The summed E-state index contributed by atoms with van der Waals surface area (Å²) < 4.78 is 40.3. The number of carbonyl (C=O) groups excluding carboxylic acids is 2. The van der Waals surface area contributed by atoms with Gasteiger partial charge in [-0.25, -0.2) is 4.98 Å². The van der Waals surface area contributed by atoms with Gasteiger partial charge >= 0.3 is 18.0 Å². The molecule has 1 aromatic carbocycles. The molecule has 1 aliphatic carbocycles. The van der Waals surface area contributed by atoms with Crippen molar-refractivity contribution in [2.24, 2.45) is 5.41 Å². The predicted octanol–water partition coefficient (Wildman–Crippen LogP) is 4.85. The van der Waals surface area contributed by atoms with Gasteiger partial charge in [0.2, 0.25) is 0 Å². The third-order valence-electron chi connectivity index (χ3n) is 6.18. The fraction of sp³-hybridized carbons (Fsp3) is 0.318. The van der Waals surface area contributed by atoms with Crippen LogP contribution >= 0.6 is 11.6 Å². The second-order valence-electron chi connectivity index (χ2n) is 8.44. The molecule has 1 saturated heterocycles. The Labute approximate surface area is 185 Å². The van der Waals surface area contributed by atoms with E-state index in [9.17, 15) is 22.8 Å². The number of hydrogen-bond donors (Lipinski definition) is 2. The smallest absolute Gasteiger partial charge is 0.339 e. The van der Waals surface area contributed by atoms with Gasteiger partial charge in [-0.15, -0.1) is 0 Å². The molecular formula is C22H18ClF3N4O2. The molecule has 1 aliphatic heterocycles. The Morgan fingerprint density at radius 1 is 1.12 bits per heavy atom. The quantitative estimate of drug-likeness (QED) is 0.534. The van der Waals surface area contributed by atoms with Crippen molar-refractivity contribution in [3.05, 3.63) is 47.0 Å². The molecule has 10 heteroatoms. The minimum Gasteiger partial charge on any atom is -0.339 e. The van der Waals surface area contributed by atoms with Crippen LogP contribution < -0.4 is 5.32 Å². The molecule has 2 aliphatic rings. The molecule has 2 N–H and O–H groups in total. The summed E-state index contributed by atoms with van der Waals surface area (Å²) in [5.74, 6) is -1.25. The molecule has 166 valence electrons. The molecule has 1 spiro atoms. The number of rotatable bonds is 2. The number of hydrogen-bond acceptors (Lipinski definition) is 3. The number of nitrogens with zero attached hydrogens (tertiary/aromatic N) is 2. The van der Waals surface area contributed by atoms with Crippen LogP contribution in [0.4, 0.5) is 19.0 Å². The summed E-state index contributed by atoms with van der Waals surface area (Å²) in [6.07, 6.45) is -1.45. The topological polar surface area (TPSA) is 78.1 Å². The number of halogens is 4. The summed E-state index contributed by atoms with van der Waals surface area (Å²) in [5, 5.41) is 3.21. The number of aromatic nitrogens is 2. The number of aromatic amines is 1. The van der Waals surface area contributed by atoms with Crippen LogP contribution in [-0.2, 0) is 15.8 Å². The highest BCUT2D eigenvalue weighted by molar-refractivity contribution is 6.39. The Bertz CT molecular complexity index is 1250. The van der Waals surface area contributed by atoms with E-state index in [0.717, 1.165) is 25.3 Å². The SMILES string of the molecule is O=C(Nc1ccc2cc(-c3cc(Cl)ccc3C(F)(F)F)[nH]c2n1)C(=O)N1CCC2(CC2)C1. The molecule has 0 unspecified atom stereocenters. The number of fused-ring (bicyclic) bond motifs is 1. The van der Waals surface area contributed by atoms with Crippen molar-refractivity contribution in [3.63, 3.8) is 0 Å². The van der Waals surface area contributed by atoms with Crippen LogP contribution in [-0.4, -0.2) is 39.8 Å². The highest BCUT2D eigenvalue weighted by Gasteiger charge is 2.49. The van der Waals surface area contributed by atoms with E-state index in [1.54, 1.807) is 11.0 Å². The summed E-state index contributed by atoms with van der Waals surface area (Å²) in [7, 11) is 0. The van der Waals surface area contributed by atoms with Gasteiger partial charge in [-0.05, 0) is 61.1 Å². The second-order valence-corrected chi connectivity index (χ2v) is 8.87. The van der Waals surface area contributed by atoms with Gasteiger partial charge in [-0.2, -0.15) is 13.2 Å². The van der Waals surface area contributed by atoms with Crippen LogP contribution in [0.25, 0.3) is 22.3 Å². The molecule has 1 saturated carbocycles. The number of benzene rings is 1. The van der Waals surface area contributed by atoms with Crippen molar-refractivity contribution in [1.82, 2.24) is 14.9 Å². The van der Waals surface area contributed by atoms with Gasteiger partial charge in [-0.3, -0.25) is 9.59 Å². The Morgan fingerprint density at radius 2 is 1.91 bits per heavy atom. The number of pyridine rings is 1. The zero-order valence-corrected chi connectivity index (χ0v) is 17.5. The fourth-order valence-corrected chi connectivity index (χ4v) is 4.39. The summed E-state index contributed by atoms with van der Waals surface area (Å²) in [6.45, 7) is 1.17. The van der Waals surface area contributed by atoms with Crippen molar-refractivity contribution in [3.8, 4) is 11.3 Å². The maximum Gasteiger partial charge on any atom is 0.417 e. The molecule has 3 aromatic rings. The van der Waals surface area contributed by atoms with Gasteiger partial charge in [0.05, 0.1) is 5.56 Å². The van der Waals surface area contributed by atoms with Gasteiger partial charge < -0.3 is 15.2 Å². The molecule has 2 amide bonds. The van der Waals surface area contributed by atoms with Crippen molar-refractivity contribution >= 4 is 40.3 Å². The van der Waals surface area contributed by atoms with Crippen LogP contribution in [0.15, 0.2) is 36.4 Å². The van der Waals surface area contributed by atoms with E-state index in [0.29, 0.717) is 18.5 Å². The lowest BCUT2D eigenvalue weighted by molar-refractivity contribution is -0.142. The number of alkyl halides is 3. The van der Waals surface area contributed by atoms with E-state index in [1.807, 2.05) is 0 Å². The zero-order valence-electron chi connectivity index (χ0n) is 16.7. The van der Waals surface area contributed by atoms with Crippen LogP contribution in [0.2, 0.25) is 5.02 Å². The van der Waals surface area contributed by atoms with Crippen molar-refractivity contribution < 1.29 is 22.8 Å². The average Bonchev–Trinajstić information content (AvgIpc) is 3.16. The van der Waals surface area contributed by atoms with E-state index in [4.69, 9.17) is 11.6 Å². The maximum absolute atomic E-state index is 13.4. The lowest BCUT2D eigenvalue weighted by atomic mass is 10.0. The zero-order chi connectivity index (χ0) is 22.7. The Hall–Kier alpha value is -3.07. The second kappa shape index (κ2) is 7.23. The lowest BCUT2D eigenvalue weighted by Crippen LogP contribution is -2.38. The molecule has 32 heavy (non-hydrogen) atoms. The Morgan fingerprint density at radius 3 is 2.59 bits per heavy atom. The van der Waals surface area contributed by atoms with E-state index >= 15 is 0 Å². The maximum atomic E-state index is 13.4. The molecule has 0 radical (unpaired) electrons. The Kier molecular flexibility index (Phi) is 4.70. The Balaban J connectivity index is 1.39. The number of carbonyl (C=O) groups is 2. The van der Waals surface area contributed by atoms with E-state index in [-0.39, 0.29) is 33.2 Å². The van der Waals surface area contributed by atoms with Crippen LogP contribution in [0, 0.1) is 5.41 Å². The molecule has 0 bridgehead atoms. The fourth-order valence-electron chi connectivity index (χ4n) is 4.21. The molecule has 3 heterocycles. The van der Waals surface area contributed by atoms with Gasteiger partial charge in [0, 0.05) is 34.8 Å². The normalized spacial score (nSPS) is 17.2. The van der Waals surface area contributed by atoms with Crippen molar-refractivity contribution in [1.29, 1.82) is 0 Å². The number of H-pyrrole nitrogens is 1. The van der Waals surface area contributed by atoms with Crippen molar-refractivity contribution in [2.45, 2.75) is 25.4 Å². The summed E-state index contributed by atoms with van der Waals surface area (Å²) in [4.78, 5) is 33.5. The first kappa shape index (κ1) is 20.8. The van der Waals surface area contributed by atoms with E-state index < -0.39 is 23.6 Å². The molecular weight excluding hydrogens is 445 g/mol. The van der Waals surface area contributed by atoms with E-state index in [2.05, 4.69) is 15.3 Å². The first-order valence-corrected chi connectivity index (χ1v) is 10.5. The first-order valence-electron chi connectivity index (χ1n) is 10.1. The van der Waals surface area contributed by atoms with Gasteiger partial charge in [-0.1, -0.05) is 11.6 Å². The number of anilines is 1. The van der Waals surface area contributed by atoms with Crippen molar-refractivity contribution in [2.75, 3.05) is 18.4 Å². The standard InChI is InChI=1S/C22H18ClF3N4O2/c23-13-2-3-15(22(24,25)26)14(10-13)16-9-12-1-4-17(28-18(12)27-16)29-19(31)20(32)30-8-7-21(11-30)5-6-21/h1-4,9-10H,5-8,11H2,(H2,27,28,29,31). The highest BCUT2D eigenvalue weighted by atomic mass is 35.5. The minimum absolute atomic E-state index is 0.105. The summed E-state index contributed by atoms with van der Waals surface area (Å²) in [5.41, 5.74) is -0.257. The van der Waals surface area contributed by atoms with Gasteiger partial charge in [0.25, 0.3) is 0 Å². The average molecular weight is 463 g/mol. The van der Waals surface area contributed by atoms with Gasteiger partial charge in [0.1, 0.15) is 11.5 Å². The molecule has 5 rings (SSSR count). The first-order chi connectivity index (χ1) is 15.1. The summed E-state index contributed by atoms with van der Waals surface area (Å²) >= 11 is 5.92. The molecule has 2 fully saturated rings. The third kappa shape index (κ3) is 3.81. The lowest BCUT2D eigenvalue weighted by Gasteiger charge is -2.15. The minimum atomic E-state index is -4.56. The third-order valence-corrected chi connectivity index (χ3v) is 6.41. The molecule has 0 atom stereocenters. The van der Waals surface area contributed by atoms with Crippen LogP contribution in [0.5, 0.6) is 0 Å². The largest absolute Gasteiger partial charge is 0.417 e. The summed E-state index contributed by atoms with van der Waals surface area (Å²) in [6, 6.07) is 7.98.